The predicted octanol–water partition coefficient (Wildman–Crippen LogP) is 3.56. The second-order valence-corrected chi connectivity index (χ2v) is 13.0. The first-order valence-electron chi connectivity index (χ1n) is 13.3. The lowest BCUT2D eigenvalue weighted by molar-refractivity contribution is -0.223. The molecule has 11 atom stereocenters. The zero-order valence-electron chi connectivity index (χ0n) is 21.3. The van der Waals surface area contributed by atoms with Crippen LogP contribution in [0.25, 0.3) is 0 Å². The Morgan fingerprint density at radius 1 is 1.09 bits per heavy atom. The molecule has 6 heteroatoms. The average Bonchev–Trinajstić information content (AvgIpc) is 3.04. The second-order valence-electron chi connectivity index (χ2n) is 13.0. The van der Waals surface area contributed by atoms with E-state index in [1.807, 2.05) is 20.8 Å². The van der Waals surface area contributed by atoms with Crippen molar-refractivity contribution in [1.82, 2.24) is 0 Å². The number of hydrogen-bond acceptors (Lipinski definition) is 6. The molecule has 0 amide bonds. The van der Waals surface area contributed by atoms with E-state index in [9.17, 15) is 24.9 Å². The Kier molecular flexibility index (Phi) is 5.49. The summed E-state index contributed by atoms with van der Waals surface area (Å²) in [6.07, 6.45) is 5.76. The standard InChI is InChI=1S/C28H42O6/c1-15-12-23(34-24(31)16(15)2)27(5,32)21-9-11-28(33)20-7-6-17-13-18(29)14-22(30)26(17,4)19(20)8-10-25(21,28)3/h6,15-16,18-21,23,29,32-33H,7-14H2,1-5H3/t15-,16+,18+,19-,20+,21-,23+,25+,26-,27+,28+/m0/s1. The fourth-order valence-corrected chi connectivity index (χ4v) is 9.05. The topological polar surface area (TPSA) is 104 Å². The minimum absolute atomic E-state index is 0.0441. The minimum Gasteiger partial charge on any atom is -0.459 e. The van der Waals surface area contributed by atoms with Gasteiger partial charge in [-0.05, 0) is 82.5 Å². The number of ether oxygens (including phenoxy) is 1. The molecule has 4 fully saturated rings. The average molecular weight is 475 g/mol. The summed E-state index contributed by atoms with van der Waals surface area (Å²) in [4.78, 5) is 25.7. The molecule has 0 aromatic carbocycles. The normalized spacial score (nSPS) is 52.6. The number of carbonyl (C=O) groups is 2. The Bertz CT molecular complexity index is 924. The summed E-state index contributed by atoms with van der Waals surface area (Å²) in [5.41, 5.74) is -2.34. The molecule has 0 spiro atoms. The van der Waals surface area contributed by atoms with E-state index in [0.29, 0.717) is 32.1 Å². The number of ketones is 1. The highest BCUT2D eigenvalue weighted by Crippen LogP contribution is 2.69. The number of rotatable bonds is 2. The van der Waals surface area contributed by atoms with Gasteiger partial charge in [0.15, 0.2) is 0 Å². The van der Waals surface area contributed by atoms with Crippen LogP contribution in [0.4, 0.5) is 0 Å². The van der Waals surface area contributed by atoms with Crippen molar-refractivity contribution in [3.63, 3.8) is 0 Å². The van der Waals surface area contributed by atoms with Crippen LogP contribution in [0, 0.1) is 40.4 Å². The molecule has 4 aliphatic carbocycles. The van der Waals surface area contributed by atoms with Gasteiger partial charge in [0.1, 0.15) is 17.5 Å². The van der Waals surface area contributed by atoms with E-state index in [1.165, 1.54) is 0 Å². The third-order valence-electron chi connectivity index (χ3n) is 11.6. The lowest BCUT2D eigenvalue weighted by atomic mass is 9.44. The number of cyclic esters (lactones) is 1. The summed E-state index contributed by atoms with van der Waals surface area (Å²) < 4.78 is 5.77. The number of Topliss-reactive ketones (excluding diaryl/α,β-unsaturated/α-hetero) is 1. The van der Waals surface area contributed by atoms with Crippen LogP contribution in [-0.4, -0.2) is 50.5 Å². The Morgan fingerprint density at radius 3 is 2.47 bits per heavy atom. The van der Waals surface area contributed by atoms with Gasteiger partial charge in [-0.15, -0.1) is 0 Å². The zero-order valence-corrected chi connectivity index (χ0v) is 21.3. The van der Waals surface area contributed by atoms with E-state index in [4.69, 9.17) is 4.74 Å². The zero-order chi connectivity index (χ0) is 24.8. The second kappa shape index (κ2) is 7.63. The fraction of sp³-hybridized carbons (Fsp3) is 0.857. The van der Waals surface area contributed by atoms with Crippen LogP contribution < -0.4 is 0 Å². The van der Waals surface area contributed by atoms with Crippen molar-refractivity contribution < 1.29 is 29.6 Å². The van der Waals surface area contributed by atoms with Crippen LogP contribution in [0.3, 0.4) is 0 Å². The molecule has 5 rings (SSSR count). The molecule has 0 aromatic heterocycles. The number of aliphatic hydroxyl groups excluding tert-OH is 1. The third kappa shape index (κ3) is 3.03. The van der Waals surface area contributed by atoms with Crippen LogP contribution in [-0.2, 0) is 14.3 Å². The third-order valence-corrected chi connectivity index (χ3v) is 11.6. The Labute approximate surface area is 203 Å². The molecule has 0 unspecified atom stereocenters. The van der Waals surface area contributed by atoms with E-state index in [1.54, 1.807) is 6.92 Å². The van der Waals surface area contributed by atoms with Crippen LogP contribution in [0.15, 0.2) is 11.6 Å². The molecule has 0 radical (unpaired) electrons. The summed E-state index contributed by atoms with van der Waals surface area (Å²) >= 11 is 0. The minimum atomic E-state index is -1.24. The van der Waals surface area contributed by atoms with Gasteiger partial charge in [0, 0.05) is 11.8 Å². The molecule has 1 saturated heterocycles. The van der Waals surface area contributed by atoms with Crippen molar-refractivity contribution in [2.75, 3.05) is 0 Å². The van der Waals surface area contributed by atoms with Crippen LogP contribution in [0.5, 0.6) is 0 Å². The van der Waals surface area contributed by atoms with Gasteiger partial charge in [0.2, 0.25) is 0 Å². The number of fused-ring (bicyclic) bond motifs is 5. The van der Waals surface area contributed by atoms with Crippen molar-refractivity contribution in [1.29, 1.82) is 0 Å². The smallest absolute Gasteiger partial charge is 0.309 e. The van der Waals surface area contributed by atoms with E-state index in [0.717, 1.165) is 18.4 Å². The van der Waals surface area contributed by atoms with E-state index in [2.05, 4.69) is 13.0 Å². The lowest BCUT2D eigenvalue weighted by Crippen LogP contribution is -2.65. The summed E-state index contributed by atoms with van der Waals surface area (Å²) in [5.74, 6) is -0.410. The summed E-state index contributed by atoms with van der Waals surface area (Å²) in [5, 5.41) is 34.5. The van der Waals surface area contributed by atoms with Gasteiger partial charge in [-0.1, -0.05) is 32.4 Å². The first-order chi connectivity index (χ1) is 15.8. The van der Waals surface area contributed by atoms with Crippen molar-refractivity contribution in [3.05, 3.63) is 11.6 Å². The number of allylic oxidation sites excluding steroid dienone is 1. The molecule has 3 saturated carbocycles. The quantitative estimate of drug-likeness (QED) is 0.418. The molecule has 190 valence electrons. The molecule has 0 bridgehead atoms. The number of aliphatic hydroxyl groups is 3. The van der Waals surface area contributed by atoms with Crippen LogP contribution in [0.1, 0.15) is 86.0 Å². The van der Waals surface area contributed by atoms with E-state index >= 15 is 0 Å². The van der Waals surface area contributed by atoms with Gasteiger partial charge < -0.3 is 20.1 Å². The van der Waals surface area contributed by atoms with E-state index < -0.39 is 34.2 Å². The summed E-state index contributed by atoms with van der Waals surface area (Å²) in [6.45, 7) is 9.86. The number of hydrogen-bond donors (Lipinski definition) is 3. The first kappa shape index (κ1) is 24.5. The molecule has 0 aromatic rings. The monoisotopic (exact) mass is 474 g/mol. The largest absolute Gasteiger partial charge is 0.459 e. The van der Waals surface area contributed by atoms with Crippen molar-refractivity contribution >= 4 is 11.8 Å². The molecular weight excluding hydrogens is 432 g/mol. The number of carbonyl (C=O) groups excluding carboxylic acids is 2. The lowest BCUT2D eigenvalue weighted by Gasteiger charge is -2.61. The van der Waals surface area contributed by atoms with Gasteiger partial charge in [-0.25, -0.2) is 0 Å². The number of esters is 1. The van der Waals surface area contributed by atoms with Crippen molar-refractivity contribution in [3.8, 4) is 0 Å². The first-order valence-corrected chi connectivity index (χ1v) is 13.3. The molecule has 1 heterocycles. The van der Waals surface area contributed by atoms with Gasteiger partial charge in [-0.2, -0.15) is 0 Å². The van der Waals surface area contributed by atoms with Crippen LogP contribution in [0.2, 0.25) is 0 Å². The molecule has 34 heavy (non-hydrogen) atoms. The Morgan fingerprint density at radius 2 is 1.79 bits per heavy atom. The van der Waals surface area contributed by atoms with Gasteiger partial charge in [-0.3, -0.25) is 9.59 Å². The van der Waals surface area contributed by atoms with Gasteiger partial charge >= 0.3 is 5.97 Å². The van der Waals surface area contributed by atoms with Gasteiger partial charge in [0.05, 0.1) is 23.0 Å². The highest BCUT2D eigenvalue weighted by atomic mass is 16.6. The maximum atomic E-state index is 13.2. The maximum Gasteiger partial charge on any atom is 0.309 e. The highest BCUT2D eigenvalue weighted by Gasteiger charge is 2.70. The Balaban J connectivity index is 1.47. The van der Waals surface area contributed by atoms with E-state index in [-0.39, 0.29) is 47.8 Å². The van der Waals surface area contributed by atoms with Crippen LogP contribution >= 0.6 is 0 Å². The molecule has 6 nitrogen and oxygen atoms in total. The SMILES string of the molecule is C[C@H]1C[C@H]([C@](C)(O)[C@H]2CC[C@@]3(O)[C@@H]4CC=C5C[C@@H](O)CC(=O)[C@]5(C)[C@H]4CC[C@]23C)OC(=O)[C@@H]1C. The molecular formula is C28H42O6. The fourth-order valence-electron chi connectivity index (χ4n) is 9.05. The maximum absolute atomic E-state index is 13.2. The summed E-state index contributed by atoms with van der Waals surface area (Å²) in [7, 11) is 0. The molecule has 3 N–H and O–H groups in total. The molecule has 1 aliphatic heterocycles. The Hall–Kier alpha value is -1.24. The van der Waals surface area contributed by atoms with Gasteiger partial charge in [0.25, 0.3) is 0 Å². The van der Waals surface area contributed by atoms with Crippen molar-refractivity contribution in [2.45, 2.75) is 109 Å². The molecule has 5 aliphatic rings. The predicted molar refractivity (Wildman–Crippen MR) is 126 cm³/mol. The highest BCUT2D eigenvalue weighted by molar-refractivity contribution is 5.90. The van der Waals surface area contributed by atoms with Crippen molar-refractivity contribution in [2.24, 2.45) is 40.4 Å². The summed E-state index contributed by atoms with van der Waals surface area (Å²) in [6, 6.07) is 0.